The maximum absolute atomic E-state index is 13.1. The number of amides is 1. The maximum Gasteiger partial charge on any atom is 0.234 e. The highest BCUT2D eigenvalue weighted by Gasteiger charge is 2.36. The summed E-state index contributed by atoms with van der Waals surface area (Å²) in [6.07, 6.45) is 2.60. The zero-order valence-electron chi connectivity index (χ0n) is 20.4. The number of sulfone groups is 2. The topological polar surface area (TPSA) is 107 Å². The van der Waals surface area contributed by atoms with E-state index in [1.54, 1.807) is 30.3 Å². The lowest BCUT2D eigenvalue weighted by Crippen LogP contribution is -2.24. The fourth-order valence-electron chi connectivity index (χ4n) is 4.13. The van der Waals surface area contributed by atoms with Gasteiger partial charge in [-0.15, -0.1) is 0 Å². The second kappa shape index (κ2) is 10.2. The van der Waals surface area contributed by atoms with Crippen molar-refractivity contribution in [2.24, 2.45) is 0 Å². The minimum atomic E-state index is -3.33. The fraction of sp³-hybridized carbons (Fsp3) is 0.296. The summed E-state index contributed by atoms with van der Waals surface area (Å²) in [5, 5.41) is 2.68. The smallest absolute Gasteiger partial charge is 0.234 e. The van der Waals surface area contributed by atoms with Gasteiger partial charge in [0.1, 0.15) is 0 Å². The summed E-state index contributed by atoms with van der Waals surface area (Å²) in [6.45, 7) is 2.06. The first-order valence-electron chi connectivity index (χ1n) is 11.6. The minimum Gasteiger partial charge on any atom is -0.384 e. The van der Waals surface area contributed by atoms with Gasteiger partial charge in [-0.1, -0.05) is 30.3 Å². The minimum absolute atomic E-state index is 0.136. The van der Waals surface area contributed by atoms with Gasteiger partial charge in [0, 0.05) is 19.1 Å². The number of aryl methyl sites for hydroxylation is 1. The summed E-state index contributed by atoms with van der Waals surface area (Å²) in [5.41, 5.74) is 4.02. The lowest BCUT2D eigenvalue weighted by Gasteiger charge is -2.18. The Balaban J connectivity index is 1.51. The van der Waals surface area contributed by atoms with Crippen molar-refractivity contribution in [1.82, 2.24) is 0 Å². The number of methoxy groups -OCH3 is 1. The lowest BCUT2D eigenvalue weighted by molar-refractivity contribution is -0.118. The summed E-state index contributed by atoms with van der Waals surface area (Å²) in [6, 6.07) is 18.7. The van der Waals surface area contributed by atoms with Crippen molar-refractivity contribution in [2.75, 3.05) is 25.3 Å². The van der Waals surface area contributed by atoms with Crippen LogP contribution in [0.3, 0.4) is 0 Å². The van der Waals surface area contributed by atoms with Gasteiger partial charge in [0.25, 0.3) is 0 Å². The molecule has 0 heterocycles. The molecule has 3 aromatic carbocycles. The zero-order chi connectivity index (χ0) is 26.1. The van der Waals surface area contributed by atoms with E-state index in [1.807, 2.05) is 31.2 Å². The van der Waals surface area contributed by atoms with E-state index in [2.05, 4.69) is 5.32 Å². The molecule has 7 nitrogen and oxygen atoms in total. The van der Waals surface area contributed by atoms with E-state index in [0.29, 0.717) is 16.1 Å². The third-order valence-electron chi connectivity index (χ3n) is 6.31. The number of benzene rings is 3. The van der Waals surface area contributed by atoms with Gasteiger partial charge in [0.15, 0.2) is 19.7 Å². The van der Waals surface area contributed by atoms with E-state index in [1.165, 1.54) is 19.2 Å². The van der Waals surface area contributed by atoms with Gasteiger partial charge in [-0.2, -0.15) is 0 Å². The first-order valence-corrected chi connectivity index (χ1v) is 15.0. The molecule has 1 unspecified atom stereocenters. The van der Waals surface area contributed by atoms with Crippen LogP contribution < -0.4 is 5.32 Å². The molecular formula is C27H29NO6S2. The summed E-state index contributed by atoms with van der Waals surface area (Å²) in [5.74, 6) is -0.893. The Morgan fingerprint density at radius 2 is 1.56 bits per heavy atom. The van der Waals surface area contributed by atoms with Crippen LogP contribution in [0.2, 0.25) is 0 Å². The molecule has 0 radical (unpaired) electrons. The monoisotopic (exact) mass is 527 g/mol. The van der Waals surface area contributed by atoms with Crippen molar-refractivity contribution >= 4 is 31.3 Å². The molecule has 0 aromatic heterocycles. The van der Waals surface area contributed by atoms with Crippen LogP contribution in [0.1, 0.15) is 29.9 Å². The zero-order valence-corrected chi connectivity index (χ0v) is 22.0. The highest BCUT2D eigenvalue weighted by Crippen LogP contribution is 2.35. The molecule has 36 heavy (non-hydrogen) atoms. The molecule has 0 saturated heterocycles. The Kier molecular flexibility index (Phi) is 7.36. The second-order valence-electron chi connectivity index (χ2n) is 9.14. The first-order chi connectivity index (χ1) is 17.0. The summed E-state index contributed by atoms with van der Waals surface area (Å²) >= 11 is 0. The Morgan fingerprint density at radius 1 is 0.944 bits per heavy atom. The quantitative estimate of drug-likeness (QED) is 0.443. The number of carbonyl (C=O) groups is 1. The molecule has 1 aliphatic carbocycles. The van der Waals surface area contributed by atoms with Crippen LogP contribution in [0.25, 0.3) is 11.1 Å². The van der Waals surface area contributed by atoms with Crippen LogP contribution in [-0.2, 0) is 29.2 Å². The van der Waals surface area contributed by atoms with Crippen molar-refractivity contribution in [3.63, 3.8) is 0 Å². The normalized spacial score (nSPS) is 14.9. The predicted molar refractivity (Wildman–Crippen MR) is 140 cm³/mol. The molecule has 0 aliphatic heterocycles. The lowest BCUT2D eigenvalue weighted by atomic mass is 9.98. The molecule has 1 atom stereocenters. The molecular weight excluding hydrogens is 498 g/mol. The van der Waals surface area contributed by atoms with Gasteiger partial charge in [-0.3, -0.25) is 4.79 Å². The molecule has 190 valence electrons. The average Bonchev–Trinajstić information content (AvgIpc) is 3.69. The van der Waals surface area contributed by atoms with Gasteiger partial charge in [-0.25, -0.2) is 16.8 Å². The third kappa shape index (κ3) is 5.69. The second-order valence-corrected chi connectivity index (χ2v) is 13.4. The van der Waals surface area contributed by atoms with Crippen molar-refractivity contribution in [3.8, 4) is 11.1 Å². The standard InChI is InChI=1S/C27H29NO6S2/c1-18-16-21(8-15-25(18)19-6-11-23(12-7-19)36(32,33)24-13-14-24)28-27(29)26(17-34-2)20-4-9-22(10-5-20)35(3,30)31/h4-12,15-16,24,26H,13-14,17H2,1-3H3,(H,28,29). The van der Waals surface area contributed by atoms with Gasteiger partial charge in [0.2, 0.25) is 5.91 Å². The van der Waals surface area contributed by atoms with Crippen LogP contribution in [-0.4, -0.2) is 48.0 Å². The Hall–Kier alpha value is -3.01. The van der Waals surface area contributed by atoms with E-state index in [9.17, 15) is 21.6 Å². The van der Waals surface area contributed by atoms with Crippen molar-refractivity contribution < 1.29 is 26.4 Å². The van der Waals surface area contributed by atoms with Crippen molar-refractivity contribution in [3.05, 3.63) is 77.9 Å². The van der Waals surface area contributed by atoms with Gasteiger partial charge >= 0.3 is 0 Å². The highest BCUT2D eigenvalue weighted by atomic mass is 32.2. The molecule has 4 rings (SSSR count). The van der Waals surface area contributed by atoms with E-state index in [-0.39, 0.29) is 22.7 Å². The van der Waals surface area contributed by atoms with Gasteiger partial charge in [0.05, 0.1) is 27.6 Å². The van der Waals surface area contributed by atoms with Crippen molar-refractivity contribution in [2.45, 2.75) is 40.7 Å². The highest BCUT2D eigenvalue weighted by molar-refractivity contribution is 7.92. The maximum atomic E-state index is 13.1. The van der Waals surface area contributed by atoms with E-state index in [0.717, 1.165) is 35.8 Å². The number of hydrogen-bond acceptors (Lipinski definition) is 6. The molecule has 0 spiro atoms. The van der Waals surface area contributed by atoms with Crippen LogP contribution in [0.4, 0.5) is 5.69 Å². The number of rotatable bonds is 9. The van der Waals surface area contributed by atoms with E-state index in [4.69, 9.17) is 4.74 Å². The van der Waals surface area contributed by atoms with Gasteiger partial charge < -0.3 is 10.1 Å². The molecule has 1 N–H and O–H groups in total. The molecule has 9 heteroatoms. The van der Waals surface area contributed by atoms with Crippen LogP contribution in [0.15, 0.2) is 76.5 Å². The fourth-order valence-corrected chi connectivity index (χ4v) is 6.41. The Labute approximate surface area is 212 Å². The summed E-state index contributed by atoms with van der Waals surface area (Å²) in [4.78, 5) is 13.6. The van der Waals surface area contributed by atoms with E-state index < -0.39 is 25.6 Å². The van der Waals surface area contributed by atoms with Crippen molar-refractivity contribution in [1.29, 1.82) is 0 Å². The van der Waals surface area contributed by atoms with E-state index >= 15 is 0 Å². The summed E-state index contributed by atoms with van der Waals surface area (Å²) < 4.78 is 53.6. The Bertz CT molecular complexity index is 1470. The molecule has 1 aliphatic rings. The molecule has 0 bridgehead atoms. The van der Waals surface area contributed by atoms with Crippen LogP contribution >= 0.6 is 0 Å². The van der Waals surface area contributed by atoms with Crippen LogP contribution in [0.5, 0.6) is 0 Å². The summed E-state index contributed by atoms with van der Waals surface area (Å²) in [7, 11) is -5.05. The largest absolute Gasteiger partial charge is 0.384 e. The molecule has 1 amide bonds. The van der Waals surface area contributed by atoms with Gasteiger partial charge in [-0.05, 0) is 78.4 Å². The number of hydrogen-bond donors (Lipinski definition) is 1. The molecule has 1 saturated carbocycles. The average molecular weight is 528 g/mol. The number of ether oxygens (including phenoxy) is 1. The number of carbonyl (C=O) groups excluding carboxylic acids is 1. The SMILES string of the molecule is COCC(C(=O)Nc1ccc(-c2ccc(S(=O)(=O)C3CC3)cc2)c(C)c1)c1ccc(S(C)(=O)=O)cc1. The Morgan fingerprint density at radius 3 is 2.08 bits per heavy atom. The number of nitrogens with one attached hydrogen (secondary N) is 1. The number of anilines is 1. The molecule has 1 fully saturated rings. The van der Waals surface area contributed by atoms with Crippen LogP contribution in [0, 0.1) is 6.92 Å². The molecule has 3 aromatic rings. The first kappa shape index (κ1) is 26.1. The predicted octanol–water partition coefficient (Wildman–Crippen LogP) is 4.37. The third-order valence-corrected chi connectivity index (χ3v) is 9.72.